The van der Waals surface area contributed by atoms with Gasteiger partial charge in [0.05, 0.1) is 17.3 Å². The number of allylic oxidation sites excluding steroid dienone is 1. The van der Waals surface area contributed by atoms with Gasteiger partial charge in [-0.1, -0.05) is 18.2 Å². The molecule has 0 radical (unpaired) electrons. The summed E-state index contributed by atoms with van der Waals surface area (Å²) in [4.78, 5) is 4.52. The maximum Gasteiger partial charge on any atom is 0.167 e. The van der Waals surface area contributed by atoms with Gasteiger partial charge in [-0.3, -0.25) is 5.01 Å². The molecule has 114 valence electrons. The van der Waals surface area contributed by atoms with Crippen LogP contribution in [0.1, 0.15) is 24.2 Å². The number of hydrogen-bond acceptors (Lipinski definition) is 4. The first-order chi connectivity index (χ1) is 11.2. The Balaban J connectivity index is 1.92. The number of nitrogens with zero attached hydrogens (tertiary/aromatic N) is 4. The van der Waals surface area contributed by atoms with E-state index in [0.29, 0.717) is 5.56 Å². The van der Waals surface area contributed by atoms with Crippen LogP contribution in [0.5, 0.6) is 0 Å². The Morgan fingerprint density at radius 3 is 2.43 bits per heavy atom. The molecule has 0 aromatic heterocycles. The van der Waals surface area contributed by atoms with E-state index >= 15 is 0 Å². The van der Waals surface area contributed by atoms with Crippen LogP contribution >= 0.6 is 0 Å². The van der Waals surface area contributed by atoms with E-state index in [1.54, 1.807) is 30.6 Å². The van der Waals surface area contributed by atoms with Crippen molar-refractivity contribution in [3.8, 4) is 6.07 Å². The Bertz CT molecular complexity index is 772. The SMILES string of the molecule is CC=CN1C(c2ccc(F)cc2)N=CN1c1ccc(C#N)cc1. The summed E-state index contributed by atoms with van der Waals surface area (Å²) in [6.45, 7) is 1.93. The molecule has 1 aliphatic rings. The number of anilines is 1. The smallest absolute Gasteiger partial charge is 0.167 e. The maximum absolute atomic E-state index is 13.1. The quantitative estimate of drug-likeness (QED) is 0.861. The Labute approximate surface area is 134 Å². The maximum atomic E-state index is 13.1. The zero-order valence-corrected chi connectivity index (χ0v) is 12.6. The lowest BCUT2D eigenvalue weighted by Crippen LogP contribution is -2.34. The summed E-state index contributed by atoms with van der Waals surface area (Å²) < 4.78 is 13.1. The summed E-state index contributed by atoms with van der Waals surface area (Å²) >= 11 is 0. The van der Waals surface area contributed by atoms with Crippen LogP contribution < -0.4 is 5.01 Å². The number of aliphatic imine (C=N–C) groups is 1. The van der Waals surface area contributed by atoms with E-state index in [1.165, 1.54) is 12.1 Å². The Kier molecular flexibility index (Phi) is 4.07. The first-order valence-corrected chi connectivity index (χ1v) is 7.22. The second kappa shape index (κ2) is 6.32. The lowest BCUT2D eigenvalue weighted by atomic mass is 10.1. The highest BCUT2D eigenvalue weighted by atomic mass is 19.1. The predicted octanol–water partition coefficient (Wildman–Crippen LogP) is 4.00. The van der Waals surface area contributed by atoms with Gasteiger partial charge in [0.15, 0.2) is 6.17 Å². The number of benzene rings is 2. The van der Waals surface area contributed by atoms with Gasteiger partial charge in [-0.2, -0.15) is 5.26 Å². The fourth-order valence-corrected chi connectivity index (χ4v) is 2.44. The number of hydrazine groups is 1. The fraction of sp³-hybridized carbons (Fsp3) is 0.111. The van der Waals surface area contributed by atoms with Crippen molar-refractivity contribution in [1.82, 2.24) is 5.01 Å². The minimum Gasteiger partial charge on any atom is -0.258 e. The lowest BCUT2D eigenvalue weighted by molar-refractivity contribution is 0.327. The molecule has 5 heteroatoms. The van der Waals surface area contributed by atoms with E-state index in [-0.39, 0.29) is 12.0 Å². The van der Waals surface area contributed by atoms with Crippen molar-refractivity contribution < 1.29 is 4.39 Å². The summed E-state index contributed by atoms with van der Waals surface area (Å²) in [6, 6.07) is 15.7. The van der Waals surface area contributed by atoms with Gasteiger partial charge in [0.1, 0.15) is 12.2 Å². The van der Waals surface area contributed by atoms with E-state index in [2.05, 4.69) is 11.1 Å². The molecule has 2 aromatic rings. The number of halogens is 1. The molecule has 2 aromatic carbocycles. The van der Waals surface area contributed by atoms with Crippen LogP contribution in [0.4, 0.5) is 10.1 Å². The minimum atomic E-state index is -0.266. The fourth-order valence-electron chi connectivity index (χ4n) is 2.44. The average molecular weight is 306 g/mol. The van der Waals surface area contributed by atoms with Crippen molar-refractivity contribution in [1.29, 1.82) is 5.26 Å². The van der Waals surface area contributed by atoms with E-state index < -0.39 is 0 Å². The first-order valence-electron chi connectivity index (χ1n) is 7.22. The van der Waals surface area contributed by atoms with E-state index in [1.807, 2.05) is 41.4 Å². The van der Waals surface area contributed by atoms with Gasteiger partial charge in [-0.25, -0.2) is 14.4 Å². The highest BCUT2D eigenvalue weighted by Gasteiger charge is 2.27. The average Bonchev–Trinajstić information content (AvgIpc) is 3.00. The Morgan fingerprint density at radius 1 is 1.13 bits per heavy atom. The van der Waals surface area contributed by atoms with Crippen molar-refractivity contribution in [3.05, 3.63) is 77.8 Å². The molecule has 0 fully saturated rings. The third kappa shape index (κ3) is 2.92. The van der Waals surface area contributed by atoms with E-state index in [9.17, 15) is 4.39 Å². The van der Waals surface area contributed by atoms with Crippen molar-refractivity contribution in [2.75, 3.05) is 5.01 Å². The van der Waals surface area contributed by atoms with Crippen molar-refractivity contribution in [2.45, 2.75) is 13.1 Å². The molecule has 4 nitrogen and oxygen atoms in total. The molecule has 0 saturated heterocycles. The van der Waals surface area contributed by atoms with Gasteiger partial charge < -0.3 is 0 Å². The molecule has 0 spiro atoms. The normalized spacial score (nSPS) is 17.0. The second-order valence-electron chi connectivity index (χ2n) is 5.06. The molecule has 0 N–H and O–H groups in total. The van der Waals surface area contributed by atoms with Crippen molar-refractivity contribution >= 4 is 12.0 Å². The Hall–Kier alpha value is -3.13. The zero-order chi connectivity index (χ0) is 16.2. The molecule has 0 saturated carbocycles. The van der Waals surface area contributed by atoms with E-state index in [4.69, 9.17) is 5.26 Å². The summed E-state index contributed by atoms with van der Waals surface area (Å²) in [6.07, 6.45) is 5.32. The van der Waals surface area contributed by atoms with Gasteiger partial charge in [0, 0.05) is 6.20 Å². The number of rotatable bonds is 3. The summed E-state index contributed by atoms with van der Waals surface area (Å²) in [5.74, 6) is -0.266. The van der Waals surface area contributed by atoms with Crippen LogP contribution in [0.25, 0.3) is 0 Å². The van der Waals surface area contributed by atoms with Gasteiger partial charge in [-0.15, -0.1) is 0 Å². The predicted molar refractivity (Wildman–Crippen MR) is 87.9 cm³/mol. The zero-order valence-electron chi connectivity index (χ0n) is 12.6. The summed E-state index contributed by atoms with van der Waals surface area (Å²) in [5.41, 5.74) is 2.41. The highest BCUT2D eigenvalue weighted by molar-refractivity contribution is 5.80. The van der Waals surface area contributed by atoms with Crippen molar-refractivity contribution in [3.63, 3.8) is 0 Å². The van der Waals surface area contributed by atoms with Crippen LogP contribution in [-0.2, 0) is 0 Å². The van der Waals surface area contributed by atoms with Crippen molar-refractivity contribution in [2.24, 2.45) is 4.99 Å². The van der Waals surface area contributed by atoms with Crippen LogP contribution in [0.3, 0.4) is 0 Å². The molecule has 1 atom stereocenters. The minimum absolute atomic E-state index is 0.248. The van der Waals surface area contributed by atoms with Crippen LogP contribution in [0.2, 0.25) is 0 Å². The first kappa shape index (κ1) is 14.8. The lowest BCUT2D eigenvalue weighted by Gasteiger charge is -2.30. The number of nitriles is 1. The second-order valence-corrected chi connectivity index (χ2v) is 5.06. The van der Waals surface area contributed by atoms with Gasteiger partial charge in [0.2, 0.25) is 0 Å². The molecular weight excluding hydrogens is 291 g/mol. The third-order valence-electron chi connectivity index (χ3n) is 3.55. The van der Waals surface area contributed by atoms with Gasteiger partial charge in [-0.05, 0) is 48.9 Å². The molecular formula is C18H15FN4. The standard InChI is InChI=1S/C18H15FN4/c1-2-11-22-18(15-5-7-16(19)8-6-15)21-13-23(22)17-9-3-14(12-20)4-10-17/h2-11,13,18H,1H3. The third-order valence-corrected chi connectivity index (χ3v) is 3.55. The molecule has 0 bridgehead atoms. The van der Waals surface area contributed by atoms with Crippen LogP contribution in [0, 0.1) is 17.1 Å². The topological polar surface area (TPSA) is 42.6 Å². The Morgan fingerprint density at radius 2 is 1.83 bits per heavy atom. The largest absolute Gasteiger partial charge is 0.258 e. The van der Waals surface area contributed by atoms with Gasteiger partial charge >= 0.3 is 0 Å². The summed E-state index contributed by atoms with van der Waals surface area (Å²) in [5, 5.41) is 12.8. The molecule has 23 heavy (non-hydrogen) atoms. The molecule has 1 aliphatic heterocycles. The monoisotopic (exact) mass is 306 g/mol. The van der Waals surface area contributed by atoms with Crippen LogP contribution in [-0.4, -0.2) is 11.3 Å². The van der Waals surface area contributed by atoms with Gasteiger partial charge in [0.25, 0.3) is 0 Å². The number of hydrogen-bond donors (Lipinski definition) is 0. The molecule has 1 heterocycles. The molecule has 1 unspecified atom stereocenters. The molecule has 3 rings (SSSR count). The highest BCUT2D eigenvalue weighted by Crippen LogP contribution is 2.31. The molecule has 0 amide bonds. The summed E-state index contributed by atoms with van der Waals surface area (Å²) in [7, 11) is 0. The van der Waals surface area contributed by atoms with Crippen LogP contribution in [0.15, 0.2) is 65.8 Å². The molecule has 0 aliphatic carbocycles. The van der Waals surface area contributed by atoms with E-state index in [0.717, 1.165) is 11.3 Å².